The van der Waals surface area contributed by atoms with Gasteiger partial charge in [-0.05, 0) is 50.8 Å². The molecule has 1 aliphatic rings. The van der Waals surface area contributed by atoms with Crippen LogP contribution in [0, 0.1) is 22.7 Å². The molecule has 35 heavy (non-hydrogen) atoms. The molecule has 4 heterocycles. The highest BCUT2D eigenvalue weighted by atomic mass is 16.5. The second-order valence-electron chi connectivity index (χ2n) is 9.94. The summed E-state index contributed by atoms with van der Waals surface area (Å²) in [6, 6.07) is 8.34. The molecule has 0 radical (unpaired) electrons. The average Bonchev–Trinajstić information content (AvgIpc) is 3.27. The van der Waals surface area contributed by atoms with Crippen molar-refractivity contribution in [2.75, 3.05) is 24.6 Å². The van der Waals surface area contributed by atoms with Crippen molar-refractivity contribution in [2.24, 2.45) is 11.3 Å². The van der Waals surface area contributed by atoms with Crippen molar-refractivity contribution in [3.8, 4) is 22.9 Å². The molecule has 4 rings (SSSR count). The lowest BCUT2D eigenvalue weighted by Crippen LogP contribution is -2.50. The van der Waals surface area contributed by atoms with Crippen molar-refractivity contribution < 1.29 is 9.53 Å². The van der Waals surface area contributed by atoms with Crippen LogP contribution < -0.4 is 15.0 Å². The third-order valence-electron chi connectivity index (χ3n) is 7.17. The Bertz CT molecular complexity index is 1230. The van der Waals surface area contributed by atoms with Crippen LogP contribution in [0.1, 0.15) is 53.0 Å². The summed E-state index contributed by atoms with van der Waals surface area (Å²) in [5, 5.41) is 17.1. The number of pyridine rings is 2. The molecule has 0 bridgehead atoms. The standard InChI is InChI=1S/C27H34N6O2/c1-6-35-22-13-23(25-21(14-28)16-30-33(25)17-22)20-7-8-24(29-15-20)32-11-9-27(5,10-12-32)26(34)31-19(4)18(2)3/h7-8,13,15-19H,6,9-12H2,1-5H3,(H,31,34). The smallest absolute Gasteiger partial charge is 0.226 e. The summed E-state index contributed by atoms with van der Waals surface area (Å²) in [6.07, 6.45) is 6.75. The number of amides is 1. The Morgan fingerprint density at radius 2 is 2.00 bits per heavy atom. The van der Waals surface area contributed by atoms with E-state index in [9.17, 15) is 10.1 Å². The van der Waals surface area contributed by atoms with Gasteiger partial charge in [0.05, 0.1) is 30.1 Å². The van der Waals surface area contributed by atoms with E-state index in [-0.39, 0.29) is 17.4 Å². The number of piperidine rings is 1. The summed E-state index contributed by atoms with van der Waals surface area (Å²) in [7, 11) is 0. The lowest BCUT2D eigenvalue weighted by molar-refractivity contribution is -0.132. The van der Waals surface area contributed by atoms with E-state index < -0.39 is 0 Å². The van der Waals surface area contributed by atoms with Gasteiger partial charge in [-0.3, -0.25) is 4.79 Å². The van der Waals surface area contributed by atoms with Crippen LogP contribution in [0.4, 0.5) is 5.82 Å². The second-order valence-corrected chi connectivity index (χ2v) is 9.94. The zero-order chi connectivity index (χ0) is 25.2. The van der Waals surface area contributed by atoms with Gasteiger partial charge in [0.25, 0.3) is 0 Å². The molecule has 0 aliphatic carbocycles. The average molecular weight is 475 g/mol. The van der Waals surface area contributed by atoms with E-state index in [1.165, 1.54) is 0 Å². The lowest BCUT2D eigenvalue weighted by Gasteiger charge is -2.39. The molecule has 8 heteroatoms. The highest BCUT2D eigenvalue weighted by molar-refractivity contribution is 5.85. The van der Waals surface area contributed by atoms with E-state index in [1.54, 1.807) is 16.9 Å². The zero-order valence-corrected chi connectivity index (χ0v) is 21.2. The van der Waals surface area contributed by atoms with Crippen molar-refractivity contribution in [2.45, 2.75) is 53.5 Å². The fraction of sp³-hybridized carbons (Fsp3) is 0.481. The second kappa shape index (κ2) is 9.95. The van der Waals surface area contributed by atoms with Gasteiger partial charge in [0.15, 0.2) is 0 Å². The van der Waals surface area contributed by atoms with Crippen molar-refractivity contribution >= 4 is 17.2 Å². The zero-order valence-electron chi connectivity index (χ0n) is 21.2. The summed E-state index contributed by atoms with van der Waals surface area (Å²) in [5.74, 6) is 2.13. The molecular formula is C27H34N6O2. The normalized spacial score (nSPS) is 16.2. The number of carbonyl (C=O) groups excluding carboxylic acids is 1. The minimum atomic E-state index is -0.361. The highest BCUT2D eigenvalue weighted by Crippen LogP contribution is 2.35. The Morgan fingerprint density at radius 1 is 1.26 bits per heavy atom. The molecule has 1 fully saturated rings. The van der Waals surface area contributed by atoms with Crippen LogP contribution in [-0.2, 0) is 4.79 Å². The molecule has 1 atom stereocenters. The minimum absolute atomic E-state index is 0.147. The predicted molar refractivity (Wildman–Crippen MR) is 136 cm³/mol. The Kier molecular flexibility index (Phi) is 6.97. The van der Waals surface area contributed by atoms with Crippen molar-refractivity contribution in [1.82, 2.24) is 19.9 Å². The number of rotatable bonds is 7. The fourth-order valence-corrected chi connectivity index (χ4v) is 4.38. The van der Waals surface area contributed by atoms with Crippen LogP contribution in [-0.4, -0.2) is 46.2 Å². The first-order valence-electron chi connectivity index (χ1n) is 12.3. The number of hydrogen-bond acceptors (Lipinski definition) is 6. The van der Waals surface area contributed by atoms with Gasteiger partial charge in [-0.2, -0.15) is 10.4 Å². The van der Waals surface area contributed by atoms with Crippen LogP contribution in [0.5, 0.6) is 5.75 Å². The summed E-state index contributed by atoms with van der Waals surface area (Å²) in [4.78, 5) is 19.9. The molecule has 1 saturated heterocycles. The first-order valence-corrected chi connectivity index (χ1v) is 12.3. The number of ether oxygens (including phenoxy) is 1. The van der Waals surface area contributed by atoms with E-state index in [2.05, 4.69) is 49.1 Å². The van der Waals surface area contributed by atoms with E-state index in [4.69, 9.17) is 9.72 Å². The first kappa shape index (κ1) is 24.5. The van der Waals surface area contributed by atoms with Crippen molar-refractivity contribution in [3.05, 3.63) is 42.4 Å². The van der Waals surface area contributed by atoms with E-state index in [1.807, 2.05) is 31.3 Å². The van der Waals surface area contributed by atoms with Crippen molar-refractivity contribution in [1.29, 1.82) is 5.26 Å². The molecule has 3 aromatic rings. The van der Waals surface area contributed by atoms with Crippen molar-refractivity contribution in [3.63, 3.8) is 0 Å². The molecule has 184 valence electrons. The minimum Gasteiger partial charge on any atom is -0.492 e. The Balaban J connectivity index is 1.52. The molecule has 1 aliphatic heterocycles. The van der Waals surface area contributed by atoms with Crippen LogP contribution in [0.3, 0.4) is 0 Å². The third kappa shape index (κ3) is 4.95. The first-order chi connectivity index (χ1) is 16.8. The summed E-state index contributed by atoms with van der Waals surface area (Å²) in [6.45, 7) is 12.4. The summed E-state index contributed by atoms with van der Waals surface area (Å²) >= 11 is 0. The monoisotopic (exact) mass is 474 g/mol. The number of anilines is 1. The molecule has 3 aromatic heterocycles. The number of nitriles is 1. The molecule has 0 spiro atoms. The fourth-order valence-electron chi connectivity index (χ4n) is 4.38. The molecule has 1 amide bonds. The number of nitrogens with one attached hydrogen (secondary N) is 1. The molecule has 0 aromatic carbocycles. The van der Waals surface area contributed by atoms with Crippen LogP contribution in [0.25, 0.3) is 16.6 Å². The van der Waals surface area contributed by atoms with Gasteiger partial charge in [0.1, 0.15) is 17.6 Å². The van der Waals surface area contributed by atoms with Gasteiger partial charge >= 0.3 is 0 Å². The molecule has 1 N–H and O–H groups in total. The number of carbonyl (C=O) groups is 1. The van der Waals surface area contributed by atoms with Gasteiger partial charge < -0.3 is 15.0 Å². The van der Waals surface area contributed by atoms with Gasteiger partial charge in [0.2, 0.25) is 5.91 Å². The molecule has 1 unspecified atom stereocenters. The SMILES string of the molecule is CCOc1cc(-c2ccc(N3CCC(C)(C(=O)NC(C)C(C)C)CC3)nc2)c2c(C#N)cnn2c1. The Morgan fingerprint density at radius 3 is 2.60 bits per heavy atom. The lowest BCUT2D eigenvalue weighted by atomic mass is 9.79. The number of aromatic nitrogens is 3. The van der Waals surface area contributed by atoms with Crippen LogP contribution in [0.15, 0.2) is 36.8 Å². The number of hydrogen-bond donors (Lipinski definition) is 1. The largest absolute Gasteiger partial charge is 0.492 e. The third-order valence-corrected chi connectivity index (χ3v) is 7.17. The predicted octanol–water partition coefficient (Wildman–Crippen LogP) is 4.43. The Labute approximate surface area is 206 Å². The quantitative estimate of drug-likeness (QED) is 0.544. The van der Waals surface area contributed by atoms with E-state index in [0.29, 0.717) is 23.8 Å². The summed E-state index contributed by atoms with van der Waals surface area (Å²) < 4.78 is 7.39. The maximum atomic E-state index is 12.9. The maximum absolute atomic E-state index is 12.9. The molecular weight excluding hydrogens is 440 g/mol. The highest BCUT2D eigenvalue weighted by Gasteiger charge is 2.37. The van der Waals surface area contributed by atoms with E-state index >= 15 is 0 Å². The topological polar surface area (TPSA) is 95.5 Å². The number of nitrogens with zero attached hydrogens (tertiary/aromatic N) is 5. The van der Waals surface area contributed by atoms with Crippen LogP contribution >= 0.6 is 0 Å². The van der Waals surface area contributed by atoms with Gasteiger partial charge in [0, 0.05) is 41.9 Å². The summed E-state index contributed by atoms with van der Waals surface area (Å²) in [5.41, 5.74) is 2.63. The van der Waals surface area contributed by atoms with Gasteiger partial charge in [-0.25, -0.2) is 9.50 Å². The van der Waals surface area contributed by atoms with Crippen LogP contribution in [0.2, 0.25) is 0 Å². The molecule has 8 nitrogen and oxygen atoms in total. The Hall–Kier alpha value is -3.60. The maximum Gasteiger partial charge on any atom is 0.226 e. The van der Waals surface area contributed by atoms with E-state index in [0.717, 1.165) is 48.4 Å². The van der Waals surface area contributed by atoms with Gasteiger partial charge in [-0.1, -0.05) is 20.8 Å². The molecule has 0 saturated carbocycles. The number of fused-ring (bicyclic) bond motifs is 1. The van der Waals surface area contributed by atoms with Gasteiger partial charge in [-0.15, -0.1) is 0 Å².